The summed E-state index contributed by atoms with van der Waals surface area (Å²) >= 11 is 0. The molecule has 0 spiro atoms. The molecule has 2 aromatic rings. The molecule has 0 radical (unpaired) electrons. The molecule has 0 saturated carbocycles. The Labute approximate surface area is 118 Å². The fourth-order valence-electron chi connectivity index (χ4n) is 1.98. The molecular formula is C14H13NO6. The summed E-state index contributed by atoms with van der Waals surface area (Å²) < 4.78 is 5.07. The van der Waals surface area contributed by atoms with Gasteiger partial charge in [0, 0.05) is 11.5 Å². The van der Waals surface area contributed by atoms with Crippen LogP contribution in [0.4, 0.5) is 0 Å². The lowest BCUT2D eigenvalue weighted by Gasteiger charge is -2.08. The normalized spacial score (nSPS) is 10.5. The number of hydrogen-bond acceptors (Lipinski definition) is 5. The molecule has 0 saturated heterocycles. The number of benzene rings is 1. The van der Waals surface area contributed by atoms with Gasteiger partial charge in [0.1, 0.15) is 17.9 Å². The molecule has 0 bridgehead atoms. The minimum absolute atomic E-state index is 0.0306. The van der Waals surface area contributed by atoms with Gasteiger partial charge in [-0.1, -0.05) is 0 Å². The summed E-state index contributed by atoms with van der Waals surface area (Å²) in [6.45, 7) is 1.15. The Morgan fingerprint density at radius 1 is 1.33 bits per heavy atom. The number of hydrogen-bond donors (Lipinski definition) is 3. The van der Waals surface area contributed by atoms with Crippen molar-refractivity contribution >= 4 is 22.8 Å². The molecule has 0 fully saturated rings. The Kier molecular flexibility index (Phi) is 3.93. The first-order valence-electron chi connectivity index (χ1n) is 6.12. The predicted octanol–water partition coefficient (Wildman–Crippen LogP) is 0.550. The van der Waals surface area contributed by atoms with Gasteiger partial charge in [0.15, 0.2) is 0 Å². The van der Waals surface area contributed by atoms with E-state index in [0.717, 1.165) is 0 Å². The average molecular weight is 291 g/mol. The molecule has 1 amide bonds. The minimum atomic E-state index is -1.17. The van der Waals surface area contributed by atoms with Crippen LogP contribution in [0, 0.1) is 6.92 Å². The first-order valence-corrected chi connectivity index (χ1v) is 6.12. The smallest absolute Gasteiger partial charge is 0.340 e. The van der Waals surface area contributed by atoms with Gasteiger partial charge in [-0.05, 0) is 24.6 Å². The SMILES string of the molecule is Cc1c(CC(=O)NCC(=O)O)c(=O)oc2cc(O)ccc12. The second-order valence-corrected chi connectivity index (χ2v) is 4.52. The molecule has 0 aliphatic rings. The number of carboxylic acid groups (broad SMARTS) is 1. The largest absolute Gasteiger partial charge is 0.508 e. The van der Waals surface area contributed by atoms with Gasteiger partial charge in [0.25, 0.3) is 0 Å². The van der Waals surface area contributed by atoms with Crippen LogP contribution in [0.3, 0.4) is 0 Å². The lowest BCUT2D eigenvalue weighted by Crippen LogP contribution is -2.32. The van der Waals surface area contributed by atoms with E-state index in [2.05, 4.69) is 5.32 Å². The fourth-order valence-corrected chi connectivity index (χ4v) is 1.98. The van der Waals surface area contributed by atoms with Gasteiger partial charge in [-0.3, -0.25) is 9.59 Å². The van der Waals surface area contributed by atoms with Crippen molar-refractivity contribution in [3.8, 4) is 5.75 Å². The third-order valence-corrected chi connectivity index (χ3v) is 3.05. The maximum absolute atomic E-state index is 11.9. The Balaban J connectivity index is 2.36. The van der Waals surface area contributed by atoms with Crippen LogP contribution >= 0.6 is 0 Å². The van der Waals surface area contributed by atoms with Crippen molar-refractivity contribution in [2.45, 2.75) is 13.3 Å². The Morgan fingerprint density at radius 3 is 2.71 bits per heavy atom. The fraction of sp³-hybridized carbons (Fsp3) is 0.214. The zero-order valence-corrected chi connectivity index (χ0v) is 11.2. The highest BCUT2D eigenvalue weighted by Crippen LogP contribution is 2.23. The first-order chi connectivity index (χ1) is 9.88. The maximum atomic E-state index is 11.9. The summed E-state index contributed by atoms with van der Waals surface area (Å²) in [5, 5.41) is 20.6. The van der Waals surface area contributed by atoms with Gasteiger partial charge in [-0.15, -0.1) is 0 Å². The van der Waals surface area contributed by atoms with Gasteiger partial charge >= 0.3 is 11.6 Å². The summed E-state index contributed by atoms with van der Waals surface area (Å²) in [5.41, 5.74) is 0.270. The lowest BCUT2D eigenvalue weighted by molar-refractivity contribution is -0.137. The third kappa shape index (κ3) is 3.19. The highest BCUT2D eigenvalue weighted by Gasteiger charge is 2.15. The Hall–Kier alpha value is -2.83. The van der Waals surface area contributed by atoms with E-state index < -0.39 is 24.0 Å². The van der Waals surface area contributed by atoms with E-state index in [0.29, 0.717) is 10.9 Å². The van der Waals surface area contributed by atoms with Crippen LogP contribution in [0.15, 0.2) is 27.4 Å². The molecule has 0 unspecified atom stereocenters. The molecule has 110 valence electrons. The van der Waals surface area contributed by atoms with Crippen LogP contribution in [0.1, 0.15) is 11.1 Å². The molecule has 0 aliphatic carbocycles. The second-order valence-electron chi connectivity index (χ2n) is 4.52. The van der Waals surface area contributed by atoms with Gasteiger partial charge in [0.2, 0.25) is 5.91 Å². The van der Waals surface area contributed by atoms with E-state index in [1.807, 2.05) is 0 Å². The maximum Gasteiger partial charge on any atom is 0.340 e. The Morgan fingerprint density at radius 2 is 2.05 bits per heavy atom. The minimum Gasteiger partial charge on any atom is -0.508 e. The monoisotopic (exact) mass is 291 g/mol. The standard InChI is InChI=1S/C14H13NO6/c1-7-9-3-2-8(16)4-11(9)21-14(20)10(7)5-12(17)15-6-13(18)19/h2-4,16H,5-6H2,1H3,(H,15,17)(H,18,19). The molecule has 1 heterocycles. The molecule has 0 aliphatic heterocycles. The van der Waals surface area contributed by atoms with E-state index in [9.17, 15) is 19.5 Å². The summed E-state index contributed by atoms with van der Waals surface area (Å²) in [6, 6.07) is 4.35. The van der Waals surface area contributed by atoms with Crippen molar-refractivity contribution in [1.82, 2.24) is 5.32 Å². The zero-order chi connectivity index (χ0) is 15.6. The number of carbonyl (C=O) groups excluding carboxylic acids is 1. The molecule has 3 N–H and O–H groups in total. The number of phenols is 1. The number of aryl methyl sites for hydroxylation is 1. The highest BCUT2D eigenvalue weighted by atomic mass is 16.4. The molecule has 1 aromatic carbocycles. The molecule has 1 aromatic heterocycles. The van der Waals surface area contributed by atoms with Crippen molar-refractivity contribution in [2.75, 3.05) is 6.54 Å². The summed E-state index contributed by atoms with van der Waals surface area (Å²) in [4.78, 5) is 33.9. The second kappa shape index (κ2) is 5.66. The van der Waals surface area contributed by atoms with Gasteiger partial charge < -0.3 is 19.9 Å². The molecule has 7 nitrogen and oxygen atoms in total. The van der Waals surface area contributed by atoms with Crippen molar-refractivity contribution < 1.29 is 24.2 Å². The Bertz CT molecular complexity index is 777. The van der Waals surface area contributed by atoms with Crippen molar-refractivity contribution in [2.24, 2.45) is 0 Å². The van der Waals surface area contributed by atoms with E-state index >= 15 is 0 Å². The average Bonchev–Trinajstić information content (AvgIpc) is 2.40. The summed E-state index contributed by atoms with van der Waals surface area (Å²) in [5.74, 6) is -1.77. The number of carboxylic acids is 1. The van der Waals surface area contributed by atoms with Crippen LogP contribution in [0.25, 0.3) is 11.0 Å². The number of amides is 1. The van der Waals surface area contributed by atoms with Crippen LogP contribution in [0.2, 0.25) is 0 Å². The molecule has 2 rings (SSSR count). The van der Waals surface area contributed by atoms with Crippen LogP contribution in [-0.2, 0) is 16.0 Å². The lowest BCUT2D eigenvalue weighted by atomic mass is 10.0. The van der Waals surface area contributed by atoms with E-state index in [4.69, 9.17) is 9.52 Å². The van der Waals surface area contributed by atoms with Crippen molar-refractivity contribution in [1.29, 1.82) is 0 Å². The van der Waals surface area contributed by atoms with Crippen molar-refractivity contribution in [3.63, 3.8) is 0 Å². The van der Waals surface area contributed by atoms with Gasteiger partial charge in [-0.25, -0.2) is 4.79 Å². The molecular weight excluding hydrogens is 278 g/mol. The van der Waals surface area contributed by atoms with Crippen LogP contribution in [-0.4, -0.2) is 28.6 Å². The van der Waals surface area contributed by atoms with Crippen LogP contribution in [0.5, 0.6) is 5.75 Å². The quantitative estimate of drug-likeness (QED) is 0.708. The number of rotatable bonds is 4. The van der Waals surface area contributed by atoms with E-state index in [1.165, 1.54) is 12.1 Å². The topological polar surface area (TPSA) is 117 Å². The van der Waals surface area contributed by atoms with Gasteiger partial charge in [-0.2, -0.15) is 0 Å². The predicted molar refractivity (Wildman–Crippen MR) is 73.2 cm³/mol. The number of aliphatic carboxylic acids is 1. The number of phenolic OH excluding ortho intramolecular Hbond substituents is 1. The first kappa shape index (κ1) is 14.6. The van der Waals surface area contributed by atoms with Crippen LogP contribution < -0.4 is 10.9 Å². The van der Waals surface area contributed by atoms with E-state index in [1.54, 1.807) is 13.0 Å². The number of carbonyl (C=O) groups is 2. The molecule has 21 heavy (non-hydrogen) atoms. The third-order valence-electron chi connectivity index (χ3n) is 3.05. The number of nitrogens with one attached hydrogen (secondary N) is 1. The number of aromatic hydroxyl groups is 1. The molecule has 0 atom stereocenters. The summed E-state index contributed by atoms with van der Waals surface area (Å²) in [6.07, 6.45) is -0.266. The number of fused-ring (bicyclic) bond motifs is 1. The molecule has 7 heteroatoms. The van der Waals surface area contributed by atoms with Gasteiger partial charge in [0.05, 0.1) is 12.0 Å². The zero-order valence-electron chi connectivity index (χ0n) is 11.2. The highest BCUT2D eigenvalue weighted by molar-refractivity contribution is 5.86. The summed E-state index contributed by atoms with van der Waals surface area (Å²) in [7, 11) is 0. The van der Waals surface area contributed by atoms with Crippen molar-refractivity contribution in [3.05, 3.63) is 39.7 Å². The van der Waals surface area contributed by atoms with E-state index in [-0.39, 0.29) is 23.3 Å².